The van der Waals surface area contributed by atoms with Gasteiger partial charge in [-0.1, -0.05) is 172 Å². The fraction of sp³-hybridized carbons (Fsp3) is 0.0455. The van der Waals surface area contributed by atoms with Crippen LogP contribution in [0.5, 0.6) is 0 Å². The summed E-state index contributed by atoms with van der Waals surface area (Å²) in [6.07, 6.45) is 0. The predicted molar refractivity (Wildman–Crippen MR) is 192 cm³/mol. The SMILES string of the molecule is CC.c1ccc(-c2cccc(-c3c4ccccc4c(-c4cccc5cc(-c6ccccc6)ccc45)c4ccccc34)c2)cc1. The fourth-order valence-electron chi connectivity index (χ4n) is 6.53. The van der Waals surface area contributed by atoms with E-state index < -0.39 is 0 Å². The molecule has 0 heterocycles. The molecule has 0 heteroatoms. The minimum atomic E-state index is 1.23. The van der Waals surface area contributed by atoms with E-state index in [2.05, 4.69) is 170 Å². The van der Waals surface area contributed by atoms with Crippen LogP contribution >= 0.6 is 0 Å². The van der Waals surface area contributed by atoms with Crippen molar-refractivity contribution in [3.8, 4) is 44.5 Å². The van der Waals surface area contributed by atoms with E-state index in [0.29, 0.717) is 0 Å². The Bertz CT molecular complexity index is 2170. The Morgan fingerprint density at radius 1 is 0.273 bits per heavy atom. The van der Waals surface area contributed by atoms with Gasteiger partial charge in [0, 0.05) is 0 Å². The molecule has 0 aliphatic rings. The molecular formula is C44H34. The van der Waals surface area contributed by atoms with Gasteiger partial charge >= 0.3 is 0 Å². The third kappa shape index (κ3) is 4.85. The van der Waals surface area contributed by atoms with Gasteiger partial charge in [-0.05, 0) is 89.0 Å². The Morgan fingerprint density at radius 2 is 0.727 bits per heavy atom. The van der Waals surface area contributed by atoms with Crippen LogP contribution in [0.2, 0.25) is 0 Å². The maximum absolute atomic E-state index is 2.34. The summed E-state index contributed by atoms with van der Waals surface area (Å²) in [6, 6.07) is 61.7. The van der Waals surface area contributed by atoms with E-state index in [9.17, 15) is 0 Å². The summed E-state index contributed by atoms with van der Waals surface area (Å²) < 4.78 is 0. The molecule has 0 aliphatic carbocycles. The van der Waals surface area contributed by atoms with Gasteiger partial charge in [0.15, 0.2) is 0 Å². The third-order valence-electron chi connectivity index (χ3n) is 8.45. The van der Waals surface area contributed by atoms with E-state index in [1.807, 2.05) is 13.8 Å². The van der Waals surface area contributed by atoms with Crippen LogP contribution in [0.15, 0.2) is 170 Å². The van der Waals surface area contributed by atoms with Crippen LogP contribution in [-0.2, 0) is 0 Å². The highest BCUT2D eigenvalue weighted by Crippen LogP contribution is 2.45. The van der Waals surface area contributed by atoms with Crippen LogP contribution in [-0.4, -0.2) is 0 Å². The standard InChI is InChI=1S/C42H28.C2H6/c1-3-13-29(14-4-1)31-17-11-19-34(28-31)41-37-20-7-9-22-39(37)42(40-23-10-8-21-38(40)41)36-24-12-18-33-27-32(25-26-35(33)36)30-15-5-2-6-16-30;1-2/h1-28H;1-2H3. The van der Waals surface area contributed by atoms with Crippen molar-refractivity contribution in [2.24, 2.45) is 0 Å². The van der Waals surface area contributed by atoms with Crippen molar-refractivity contribution < 1.29 is 0 Å². The van der Waals surface area contributed by atoms with Crippen molar-refractivity contribution in [2.45, 2.75) is 13.8 Å². The van der Waals surface area contributed by atoms with Gasteiger partial charge in [0.25, 0.3) is 0 Å². The van der Waals surface area contributed by atoms with E-state index >= 15 is 0 Å². The molecule has 0 amide bonds. The van der Waals surface area contributed by atoms with E-state index in [4.69, 9.17) is 0 Å². The molecule has 0 saturated heterocycles. The van der Waals surface area contributed by atoms with Crippen LogP contribution in [0, 0.1) is 0 Å². The molecule has 210 valence electrons. The molecule has 0 fully saturated rings. The van der Waals surface area contributed by atoms with Gasteiger partial charge in [-0.2, -0.15) is 0 Å². The van der Waals surface area contributed by atoms with Gasteiger partial charge < -0.3 is 0 Å². The second kappa shape index (κ2) is 12.0. The second-order valence-electron chi connectivity index (χ2n) is 10.9. The molecule has 8 aromatic carbocycles. The Hall–Kier alpha value is -5.46. The molecule has 0 nitrogen and oxygen atoms in total. The first-order chi connectivity index (χ1) is 21.8. The van der Waals surface area contributed by atoms with Crippen LogP contribution in [0.25, 0.3) is 76.8 Å². The number of hydrogen-bond donors (Lipinski definition) is 0. The third-order valence-corrected chi connectivity index (χ3v) is 8.45. The Morgan fingerprint density at radius 3 is 1.32 bits per heavy atom. The fourth-order valence-corrected chi connectivity index (χ4v) is 6.53. The molecule has 0 saturated carbocycles. The molecule has 8 aromatic rings. The van der Waals surface area contributed by atoms with E-state index in [1.165, 1.54) is 76.8 Å². The average Bonchev–Trinajstić information content (AvgIpc) is 3.12. The zero-order chi connectivity index (χ0) is 29.9. The molecule has 0 atom stereocenters. The van der Waals surface area contributed by atoms with Gasteiger partial charge in [-0.3, -0.25) is 0 Å². The summed E-state index contributed by atoms with van der Waals surface area (Å²) in [5.74, 6) is 0. The van der Waals surface area contributed by atoms with Gasteiger partial charge in [-0.25, -0.2) is 0 Å². The van der Waals surface area contributed by atoms with Gasteiger partial charge in [-0.15, -0.1) is 0 Å². The molecular weight excluding hydrogens is 528 g/mol. The lowest BCUT2D eigenvalue weighted by atomic mass is 9.84. The van der Waals surface area contributed by atoms with Crippen LogP contribution in [0.3, 0.4) is 0 Å². The predicted octanol–water partition coefficient (Wildman–Crippen LogP) is 12.8. The van der Waals surface area contributed by atoms with Crippen molar-refractivity contribution in [3.63, 3.8) is 0 Å². The molecule has 8 rings (SSSR count). The summed E-state index contributed by atoms with van der Waals surface area (Å²) in [5, 5.41) is 7.61. The van der Waals surface area contributed by atoms with Gasteiger partial charge in [0.1, 0.15) is 0 Å². The maximum Gasteiger partial charge on any atom is -0.00201 e. The van der Waals surface area contributed by atoms with E-state index in [1.54, 1.807) is 0 Å². The Labute approximate surface area is 259 Å². The molecule has 0 bridgehead atoms. The largest absolute Gasteiger partial charge is 0.0683 e. The lowest BCUT2D eigenvalue weighted by Crippen LogP contribution is -1.92. The molecule has 0 spiro atoms. The molecule has 44 heavy (non-hydrogen) atoms. The van der Waals surface area contributed by atoms with Crippen LogP contribution in [0.4, 0.5) is 0 Å². The Kier molecular flexibility index (Phi) is 7.49. The first-order valence-electron chi connectivity index (χ1n) is 15.5. The van der Waals surface area contributed by atoms with Crippen molar-refractivity contribution in [3.05, 3.63) is 170 Å². The zero-order valence-corrected chi connectivity index (χ0v) is 25.2. The zero-order valence-electron chi connectivity index (χ0n) is 25.2. The molecule has 0 aliphatic heterocycles. The topological polar surface area (TPSA) is 0 Å². The number of hydrogen-bond acceptors (Lipinski definition) is 0. The molecule has 0 aromatic heterocycles. The molecule has 0 radical (unpaired) electrons. The normalized spacial score (nSPS) is 11.0. The Balaban J connectivity index is 0.00000153. The lowest BCUT2D eigenvalue weighted by Gasteiger charge is -2.19. The summed E-state index contributed by atoms with van der Waals surface area (Å²) in [4.78, 5) is 0. The average molecular weight is 563 g/mol. The van der Waals surface area contributed by atoms with Crippen molar-refractivity contribution >= 4 is 32.3 Å². The summed E-state index contributed by atoms with van der Waals surface area (Å²) in [6.45, 7) is 4.00. The molecule has 0 unspecified atom stereocenters. The van der Waals surface area contributed by atoms with Crippen molar-refractivity contribution in [1.29, 1.82) is 0 Å². The minimum absolute atomic E-state index is 1.23. The van der Waals surface area contributed by atoms with E-state index in [0.717, 1.165) is 0 Å². The second-order valence-corrected chi connectivity index (χ2v) is 10.9. The highest BCUT2D eigenvalue weighted by atomic mass is 14.2. The first-order valence-corrected chi connectivity index (χ1v) is 15.5. The number of benzene rings is 8. The molecule has 0 N–H and O–H groups in total. The van der Waals surface area contributed by atoms with E-state index in [-0.39, 0.29) is 0 Å². The highest BCUT2D eigenvalue weighted by Gasteiger charge is 2.18. The van der Waals surface area contributed by atoms with Gasteiger partial charge in [0.2, 0.25) is 0 Å². The van der Waals surface area contributed by atoms with Crippen LogP contribution in [0.1, 0.15) is 13.8 Å². The van der Waals surface area contributed by atoms with Gasteiger partial charge in [0.05, 0.1) is 0 Å². The lowest BCUT2D eigenvalue weighted by molar-refractivity contribution is 1.50. The van der Waals surface area contributed by atoms with Crippen molar-refractivity contribution in [1.82, 2.24) is 0 Å². The smallest absolute Gasteiger partial charge is 0.00201 e. The number of rotatable bonds is 4. The summed E-state index contributed by atoms with van der Waals surface area (Å²) >= 11 is 0. The number of fused-ring (bicyclic) bond motifs is 3. The minimum Gasteiger partial charge on any atom is -0.0683 e. The highest BCUT2D eigenvalue weighted by molar-refractivity contribution is 6.23. The summed E-state index contributed by atoms with van der Waals surface area (Å²) in [5.41, 5.74) is 10.0. The van der Waals surface area contributed by atoms with Crippen molar-refractivity contribution in [2.75, 3.05) is 0 Å². The quantitative estimate of drug-likeness (QED) is 0.187. The maximum atomic E-state index is 2.34. The summed E-state index contributed by atoms with van der Waals surface area (Å²) in [7, 11) is 0. The monoisotopic (exact) mass is 562 g/mol. The first kappa shape index (κ1) is 27.4. The van der Waals surface area contributed by atoms with Crippen LogP contribution < -0.4 is 0 Å².